The van der Waals surface area contributed by atoms with Gasteiger partial charge in [-0.2, -0.15) is 0 Å². The van der Waals surface area contributed by atoms with Crippen LogP contribution in [-0.4, -0.2) is 43.3 Å². The van der Waals surface area contributed by atoms with Crippen molar-refractivity contribution >= 4 is 27.1 Å². The number of amides is 1. The molecule has 3 rings (SSSR count). The summed E-state index contributed by atoms with van der Waals surface area (Å²) in [6.07, 6.45) is 2.14. The van der Waals surface area contributed by atoms with Crippen molar-refractivity contribution in [1.82, 2.24) is 4.90 Å². The second-order valence-electron chi connectivity index (χ2n) is 6.39. The van der Waals surface area contributed by atoms with Crippen LogP contribution in [0.3, 0.4) is 0 Å². The van der Waals surface area contributed by atoms with Crippen molar-refractivity contribution in [2.75, 3.05) is 18.8 Å². The zero-order valence-electron chi connectivity index (χ0n) is 13.1. The topological polar surface area (TPSA) is 54.5 Å². The molecule has 0 N–H and O–H groups in total. The number of carbonyl (C=O) groups is 1. The van der Waals surface area contributed by atoms with E-state index >= 15 is 0 Å². The van der Waals surface area contributed by atoms with Gasteiger partial charge >= 0.3 is 0 Å². The van der Waals surface area contributed by atoms with E-state index in [1.807, 2.05) is 4.90 Å². The Morgan fingerprint density at radius 2 is 2.05 bits per heavy atom. The summed E-state index contributed by atoms with van der Waals surface area (Å²) >= 11 is 1.74. The molecule has 22 heavy (non-hydrogen) atoms. The van der Waals surface area contributed by atoms with E-state index in [9.17, 15) is 13.2 Å². The second kappa shape index (κ2) is 5.96. The van der Waals surface area contributed by atoms with Gasteiger partial charge in [0.15, 0.2) is 9.84 Å². The van der Waals surface area contributed by atoms with Gasteiger partial charge in [0.25, 0.3) is 0 Å². The fraction of sp³-hybridized carbons (Fsp3) is 0.688. The first-order chi connectivity index (χ1) is 10.4. The molecule has 1 aromatic heterocycles. The van der Waals surface area contributed by atoms with Crippen LogP contribution in [-0.2, 0) is 14.6 Å². The maximum absolute atomic E-state index is 12.6. The summed E-state index contributed by atoms with van der Waals surface area (Å²) in [6.45, 7) is 4.99. The predicted molar refractivity (Wildman–Crippen MR) is 89.0 cm³/mol. The summed E-state index contributed by atoms with van der Waals surface area (Å²) in [4.78, 5) is 15.8. The SMILES string of the molecule is CCS(=O)(=O)C1CCN(C(=O)[C@H]2C[C@H]2c2sccc2C)CC1. The largest absolute Gasteiger partial charge is 0.342 e. The number of hydrogen-bond donors (Lipinski definition) is 0. The van der Waals surface area contributed by atoms with E-state index in [1.54, 1.807) is 18.3 Å². The zero-order chi connectivity index (χ0) is 15.9. The Morgan fingerprint density at radius 3 is 2.59 bits per heavy atom. The number of likely N-dealkylation sites (tertiary alicyclic amines) is 1. The maximum Gasteiger partial charge on any atom is 0.226 e. The van der Waals surface area contributed by atoms with Gasteiger partial charge in [0.05, 0.1) is 5.25 Å². The average Bonchev–Trinajstić information content (AvgIpc) is 3.20. The van der Waals surface area contributed by atoms with Crippen molar-refractivity contribution < 1.29 is 13.2 Å². The number of hydrogen-bond acceptors (Lipinski definition) is 4. The van der Waals surface area contributed by atoms with Gasteiger partial charge in [-0.3, -0.25) is 4.79 Å². The smallest absolute Gasteiger partial charge is 0.226 e. The van der Waals surface area contributed by atoms with Crippen molar-refractivity contribution in [1.29, 1.82) is 0 Å². The van der Waals surface area contributed by atoms with Gasteiger partial charge in [-0.25, -0.2) is 8.42 Å². The van der Waals surface area contributed by atoms with Crippen LogP contribution in [0.15, 0.2) is 11.4 Å². The number of piperidine rings is 1. The van der Waals surface area contributed by atoms with E-state index < -0.39 is 9.84 Å². The van der Waals surface area contributed by atoms with Gasteiger partial charge < -0.3 is 4.90 Å². The van der Waals surface area contributed by atoms with Crippen molar-refractivity contribution in [3.05, 3.63) is 21.9 Å². The highest BCUT2D eigenvalue weighted by Crippen LogP contribution is 2.51. The Kier molecular flexibility index (Phi) is 4.34. The predicted octanol–water partition coefficient (Wildman–Crippen LogP) is 2.59. The third-order valence-corrected chi connectivity index (χ3v) is 8.45. The molecule has 0 bridgehead atoms. The van der Waals surface area contributed by atoms with Crippen LogP contribution >= 0.6 is 11.3 Å². The first kappa shape index (κ1) is 16.0. The molecule has 1 saturated heterocycles. The van der Waals surface area contributed by atoms with E-state index in [0.717, 1.165) is 6.42 Å². The van der Waals surface area contributed by atoms with Crippen molar-refractivity contribution in [2.45, 2.75) is 44.3 Å². The zero-order valence-corrected chi connectivity index (χ0v) is 14.8. The van der Waals surface area contributed by atoms with Gasteiger partial charge in [0, 0.05) is 35.6 Å². The summed E-state index contributed by atoms with van der Waals surface area (Å²) in [5.74, 6) is 0.944. The van der Waals surface area contributed by atoms with Crippen LogP contribution < -0.4 is 0 Å². The second-order valence-corrected chi connectivity index (χ2v) is 9.91. The van der Waals surface area contributed by atoms with Crippen LogP contribution in [0.2, 0.25) is 0 Å². The number of thiophene rings is 1. The highest BCUT2D eigenvalue weighted by molar-refractivity contribution is 7.92. The van der Waals surface area contributed by atoms with Gasteiger partial charge in [-0.1, -0.05) is 6.92 Å². The van der Waals surface area contributed by atoms with Crippen LogP contribution in [0.4, 0.5) is 0 Å². The Morgan fingerprint density at radius 1 is 1.36 bits per heavy atom. The number of carbonyl (C=O) groups excluding carboxylic acids is 1. The Bertz CT molecular complexity index is 657. The molecule has 2 aliphatic rings. The van der Waals surface area contributed by atoms with E-state index in [0.29, 0.717) is 31.8 Å². The molecule has 0 radical (unpaired) electrons. The minimum atomic E-state index is -2.96. The van der Waals surface area contributed by atoms with E-state index in [2.05, 4.69) is 18.4 Å². The molecule has 1 aliphatic carbocycles. The summed E-state index contributed by atoms with van der Waals surface area (Å²) in [6, 6.07) is 2.11. The maximum atomic E-state index is 12.6. The van der Waals surface area contributed by atoms with Gasteiger partial charge in [0.1, 0.15) is 0 Å². The normalized spacial score (nSPS) is 26.2. The molecule has 0 unspecified atom stereocenters. The van der Waals surface area contributed by atoms with Gasteiger partial charge in [-0.05, 0) is 43.2 Å². The number of rotatable bonds is 4. The quantitative estimate of drug-likeness (QED) is 0.846. The lowest BCUT2D eigenvalue weighted by molar-refractivity contribution is -0.133. The molecule has 1 saturated carbocycles. The Hall–Kier alpha value is -0.880. The lowest BCUT2D eigenvalue weighted by Crippen LogP contribution is -2.43. The lowest BCUT2D eigenvalue weighted by atomic mass is 10.1. The number of aryl methyl sites for hydroxylation is 1. The molecular weight excluding hydrogens is 318 g/mol. The number of nitrogens with zero attached hydrogens (tertiary/aromatic N) is 1. The van der Waals surface area contributed by atoms with E-state index in [4.69, 9.17) is 0 Å². The number of sulfone groups is 1. The van der Waals surface area contributed by atoms with Crippen LogP contribution in [0.25, 0.3) is 0 Å². The van der Waals surface area contributed by atoms with Crippen LogP contribution in [0, 0.1) is 12.8 Å². The Balaban J connectivity index is 1.57. The molecule has 6 heteroatoms. The average molecular weight is 341 g/mol. The molecule has 2 fully saturated rings. The summed E-state index contributed by atoms with van der Waals surface area (Å²) < 4.78 is 23.8. The monoisotopic (exact) mass is 341 g/mol. The van der Waals surface area contributed by atoms with Crippen molar-refractivity contribution in [2.24, 2.45) is 5.92 Å². The van der Waals surface area contributed by atoms with Crippen LogP contribution in [0.5, 0.6) is 0 Å². The summed E-state index contributed by atoms with van der Waals surface area (Å²) in [7, 11) is -2.96. The molecule has 1 aromatic rings. The fourth-order valence-electron chi connectivity index (χ4n) is 3.43. The first-order valence-corrected chi connectivity index (χ1v) is 10.6. The third-order valence-electron chi connectivity index (χ3n) is 5.01. The Labute approximate surface area is 136 Å². The fourth-order valence-corrected chi connectivity index (χ4v) is 5.94. The molecule has 4 nitrogen and oxygen atoms in total. The minimum Gasteiger partial charge on any atom is -0.342 e. The third kappa shape index (κ3) is 2.95. The van der Waals surface area contributed by atoms with E-state index in [1.165, 1.54) is 10.4 Å². The van der Waals surface area contributed by atoms with Gasteiger partial charge in [-0.15, -0.1) is 11.3 Å². The molecule has 1 aliphatic heterocycles. The first-order valence-electron chi connectivity index (χ1n) is 7.98. The van der Waals surface area contributed by atoms with Crippen molar-refractivity contribution in [3.8, 4) is 0 Å². The lowest BCUT2D eigenvalue weighted by Gasteiger charge is -2.31. The molecule has 122 valence electrons. The van der Waals surface area contributed by atoms with E-state index in [-0.39, 0.29) is 22.8 Å². The van der Waals surface area contributed by atoms with Gasteiger partial charge in [0.2, 0.25) is 5.91 Å². The molecule has 0 aromatic carbocycles. The summed E-state index contributed by atoms with van der Waals surface area (Å²) in [5.41, 5.74) is 1.29. The minimum absolute atomic E-state index is 0.122. The highest BCUT2D eigenvalue weighted by atomic mass is 32.2. The van der Waals surface area contributed by atoms with Crippen molar-refractivity contribution in [3.63, 3.8) is 0 Å². The summed E-state index contributed by atoms with van der Waals surface area (Å²) in [5, 5.41) is 1.84. The molecular formula is C16H23NO3S2. The standard InChI is InChI=1S/C16H23NO3S2/c1-3-22(19,20)12-4-7-17(8-5-12)16(18)14-10-13(14)15-11(2)6-9-21-15/h6,9,12-14H,3-5,7-8,10H2,1-2H3/t13-,14+/m1/s1. The molecule has 2 heterocycles. The molecule has 1 amide bonds. The highest BCUT2D eigenvalue weighted by Gasteiger charge is 2.47. The molecule has 0 spiro atoms. The molecule has 2 atom stereocenters. The van der Waals surface area contributed by atoms with Crippen LogP contribution in [0.1, 0.15) is 42.5 Å².